The van der Waals surface area contributed by atoms with Crippen molar-refractivity contribution >= 4 is 17.4 Å². The van der Waals surface area contributed by atoms with Crippen molar-refractivity contribution in [3.8, 4) is 0 Å². The number of aliphatic hydroxyl groups is 4. The zero-order valence-electron chi connectivity index (χ0n) is 10.8. The van der Waals surface area contributed by atoms with E-state index in [0.717, 1.165) is 5.56 Å². The second-order valence-corrected chi connectivity index (χ2v) is 5.84. The average Bonchev–Trinajstić information content (AvgIpc) is 2.46. The highest BCUT2D eigenvalue weighted by molar-refractivity contribution is 7.99. The van der Waals surface area contributed by atoms with E-state index < -0.39 is 36.5 Å². The van der Waals surface area contributed by atoms with Gasteiger partial charge in [-0.05, 0) is 17.7 Å². The van der Waals surface area contributed by atoms with E-state index in [2.05, 4.69) is 0 Å². The predicted molar refractivity (Wildman–Crippen MR) is 75.9 cm³/mol. The molecule has 6 N–H and O–H groups in total. The SMILES string of the molecule is Nc1ccc(CS[C@H]2OC(CO)[C@H](O)[C@H](O)C2O)cc1. The van der Waals surface area contributed by atoms with Gasteiger partial charge in [0.25, 0.3) is 0 Å². The number of nitrogen functional groups attached to an aromatic ring is 1. The van der Waals surface area contributed by atoms with E-state index in [1.54, 1.807) is 12.1 Å². The Morgan fingerprint density at radius 3 is 2.30 bits per heavy atom. The Hall–Kier alpha value is -0.830. The minimum absolute atomic E-state index is 0.413. The minimum Gasteiger partial charge on any atom is -0.399 e. The van der Waals surface area contributed by atoms with Crippen molar-refractivity contribution in [2.75, 3.05) is 12.3 Å². The highest BCUT2D eigenvalue weighted by Gasteiger charge is 2.43. The van der Waals surface area contributed by atoms with Crippen LogP contribution in [0, 0.1) is 0 Å². The summed E-state index contributed by atoms with van der Waals surface area (Å²) in [6, 6.07) is 7.30. The lowest BCUT2D eigenvalue weighted by atomic mass is 10.0. The van der Waals surface area contributed by atoms with Crippen LogP contribution in [0.3, 0.4) is 0 Å². The van der Waals surface area contributed by atoms with Crippen molar-refractivity contribution in [3.05, 3.63) is 29.8 Å². The second kappa shape index (κ2) is 6.75. The van der Waals surface area contributed by atoms with Gasteiger partial charge in [-0.2, -0.15) is 0 Å². The van der Waals surface area contributed by atoms with Crippen molar-refractivity contribution in [2.24, 2.45) is 0 Å². The molecule has 0 spiro atoms. The van der Waals surface area contributed by atoms with Gasteiger partial charge in [0, 0.05) is 11.4 Å². The number of aliphatic hydroxyl groups excluding tert-OH is 4. The summed E-state index contributed by atoms with van der Waals surface area (Å²) in [5, 5.41) is 38.3. The predicted octanol–water partition coefficient (Wildman–Crippen LogP) is -0.698. The van der Waals surface area contributed by atoms with Crippen LogP contribution >= 0.6 is 11.8 Å². The summed E-state index contributed by atoms with van der Waals surface area (Å²) in [6.45, 7) is -0.413. The molecular formula is C13H19NO5S. The molecule has 5 atom stereocenters. The minimum atomic E-state index is -1.33. The molecule has 1 aromatic rings. The first kappa shape index (κ1) is 15.6. The number of thioether (sulfide) groups is 1. The number of anilines is 1. The normalized spacial score (nSPS) is 34.1. The van der Waals surface area contributed by atoms with Gasteiger partial charge in [0.15, 0.2) is 0 Å². The Kier molecular flexibility index (Phi) is 5.25. The molecule has 6 nitrogen and oxygen atoms in total. The maximum Gasteiger partial charge on any atom is 0.132 e. The van der Waals surface area contributed by atoms with Crippen LogP contribution < -0.4 is 5.73 Å². The molecule has 0 amide bonds. The maximum absolute atomic E-state index is 9.89. The summed E-state index contributed by atoms with van der Waals surface area (Å²) in [5.74, 6) is 0.559. The van der Waals surface area contributed by atoms with Gasteiger partial charge in [0.1, 0.15) is 29.9 Å². The van der Waals surface area contributed by atoms with Gasteiger partial charge in [-0.1, -0.05) is 12.1 Å². The maximum atomic E-state index is 9.89. The first-order valence-corrected chi connectivity index (χ1v) is 7.34. The van der Waals surface area contributed by atoms with Gasteiger partial charge in [-0.3, -0.25) is 0 Å². The van der Waals surface area contributed by atoms with Crippen molar-refractivity contribution < 1.29 is 25.2 Å². The van der Waals surface area contributed by atoms with Crippen molar-refractivity contribution in [1.29, 1.82) is 0 Å². The molecule has 0 radical (unpaired) electrons. The van der Waals surface area contributed by atoms with Gasteiger partial charge in [0.2, 0.25) is 0 Å². The smallest absolute Gasteiger partial charge is 0.132 e. The molecule has 112 valence electrons. The molecular weight excluding hydrogens is 282 g/mol. The Morgan fingerprint density at radius 1 is 1.05 bits per heavy atom. The van der Waals surface area contributed by atoms with Gasteiger partial charge >= 0.3 is 0 Å². The molecule has 0 aliphatic carbocycles. The number of rotatable bonds is 4. The van der Waals surface area contributed by atoms with Crippen LogP contribution in [0.15, 0.2) is 24.3 Å². The standard InChI is InChI=1S/C13H19NO5S/c14-8-3-1-7(2-4-8)6-20-13-12(18)11(17)10(16)9(5-15)19-13/h1-4,9-13,15-18H,5-6,14H2/t9?,10-,11-,12?,13+/m0/s1. The molecule has 1 aliphatic rings. The molecule has 0 aromatic heterocycles. The zero-order chi connectivity index (χ0) is 14.7. The number of benzene rings is 1. The largest absolute Gasteiger partial charge is 0.399 e. The molecule has 1 aliphatic heterocycles. The molecule has 1 saturated heterocycles. The molecule has 1 fully saturated rings. The van der Waals surface area contributed by atoms with E-state index in [1.807, 2.05) is 12.1 Å². The highest BCUT2D eigenvalue weighted by atomic mass is 32.2. The fourth-order valence-electron chi connectivity index (χ4n) is 2.00. The summed E-state index contributed by atoms with van der Waals surface area (Å²) in [5.41, 5.74) is 6.57. The summed E-state index contributed by atoms with van der Waals surface area (Å²) >= 11 is 1.29. The fraction of sp³-hybridized carbons (Fsp3) is 0.538. The van der Waals surface area contributed by atoms with Crippen LogP contribution in [-0.4, -0.2) is 56.9 Å². The first-order chi connectivity index (χ1) is 9.52. The van der Waals surface area contributed by atoms with Gasteiger partial charge in [-0.15, -0.1) is 11.8 Å². The van der Waals surface area contributed by atoms with Crippen LogP contribution in [0.25, 0.3) is 0 Å². The first-order valence-electron chi connectivity index (χ1n) is 6.29. The Bertz CT molecular complexity index is 427. The number of hydrogen-bond acceptors (Lipinski definition) is 7. The zero-order valence-corrected chi connectivity index (χ0v) is 11.6. The van der Waals surface area contributed by atoms with Crippen molar-refractivity contribution in [1.82, 2.24) is 0 Å². The van der Waals surface area contributed by atoms with E-state index in [-0.39, 0.29) is 0 Å². The topological polar surface area (TPSA) is 116 Å². The van der Waals surface area contributed by atoms with E-state index in [1.165, 1.54) is 11.8 Å². The third kappa shape index (κ3) is 3.43. The molecule has 1 heterocycles. The van der Waals surface area contributed by atoms with Gasteiger partial charge in [-0.25, -0.2) is 0 Å². The van der Waals surface area contributed by atoms with Crippen molar-refractivity contribution in [3.63, 3.8) is 0 Å². The summed E-state index contributed by atoms with van der Waals surface area (Å²) in [7, 11) is 0. The van der Waals surface area contributed by atoms with Gasteiger partial charge < -0.3 is 30.9 Å². The van der Waals surface area contributed by atoms with E-state index >= 15 is 0 Å². The van der Waals surface area contributed by atoms with E-state index in [4.69, 9.17) is 15.6 Å². The third-order valence-corrected chi connectivity index (χ3v) is 4.46. The number of hydrogen-bond donors (Lipinski definition) is 5. The quantitative estimate of drug-likeness (QED) is 0.467. The second-order valence-electron chi connectivity index (χ2n) is 4.75. The molecule has 20 heavy (non-hydrogen) atoms. The summed E-state index contributed by atoms with van der Waals surface area (Å²) < 4.78 is 5.40. The number of ether oxygens (including phenoxy) is 1. The molecule has 2 rings (SSSR count). The molecule has 7 heteroatoms. The van der Waals surface area contributed by atoms with Crippen LogP contribution in [0.1, 0.15) is 5.56 Å². The summed E-state index contributed by atoms with van der Waals surface area (Å²) in [6.07, 6.45) is -4.71. The summed E-state index contributed by atoms with van der Waals surface area (Å²) in [4.78, 5) is 0. The van der Waals surface area contributed by atoms with E-state index in [0.29, 0.717) is 11.4 Å². The Labute approximate surface area is 121 Å². The molecule has 0 saturated carbocycles. The molecule has 1 aromatic carbocycles. The third-order valence-electron chi connectivity index (χ3n) is 3.24. The fourth-order valence-corrected chi connectivity index (χ4v) is 3.13. The molecule has 0 bridgehead atoms. The van der Waals surface area contributed by atoms with Crippen molar-refractivity contribution in [2.45, 2.75) is 35.6 Å². The highest BCUT2D eigenvalue weighted by Crippen LogP contribution is 2.30. The Morgan fingerprint density at radius 2 is 1.70 bits per heavy atom. The van der Waals surface area contributed by atoms with E-state index in [9.17, 15) is 15.3 Å². The monoisotopic (exact) mass is 301 g/mol. The Balaban J connectivity index is 1.95. The van der Waals surface area contributed by atoms with Crippen LogP contribution in [0.2, 0.25) is 0 Å². The van der Waals surface area contributed by atoms with Crippen LogP contribution in [0.5, 0.6) is 0 Å². The van der Waals surface area contributed by atoms with Gasteiger partial charge in [0.05, 0.1) is 6.61 Å². The van der Waals surface area contributed by atoms with Crippen LogP contribution in [0.4, 0.5) is 5.69 Å². The lowest BCUT2D eigenvalue weighted by Gasteiger charge is -2.39. The number of nitrogens with two attached hydrogens (primary N) is 1. The average molecular weight is 301 g/mol. The lowest BCUT2D eigenvalue weighted by Crippen LogP contribution is -2.57. The van der Waals surface area contributed by atoms with Crippen LogP contribution in [-0.2, 0) is 10.5 Å². The molecule has 2 unspecified atom stereocenters. The lowest BCUT2D eigenvalue weighted by molar-refractivity contribution is -0.205.